The van der Waals surface area contributed by atoms with E-state index in [9.17, 15) is 0 Å². The molecule has 0 radical (unpaired) electrons. The fourth-order valence-electron chi connectivity index (χ4n) is 4.86. The van der Waals surface area contributed by atoms with Gasteiger partial charge >= 0.3 is 0 Å². The number of piperidine rings is 1. The van der Waals surface area contributed by atoms with Crippen molar-refractivity contribution in [2.75, 3.05) is 19.6 Å². The second-order valence-corrected chi connectivity index (χ2v) is 9.70. The van der Waals surface area contributed by atoms with E-state index < -0.39 is 0 Å². The van der Waals surface area contributed by atoms with Crippen molar-refractivity contribution in [2.45, 2.75) is 38.6 Å². The molecule has 1 heterocycles. The lowest BCUT2D eigenvalue weighted by atomic mass is 9.93. The fourth-order valence-corrected chi connectivity index (χ4v) is 4.86. The van der Waals surface area contributed by atoms with Crippen molar-refractivity contribution >= 4 is 11.5 Å². The van der Waals surface area contributed by atoms with Crippen molar-refractivity contribution in [3.63, 3.8) is 0 Å². The topological polar surface area (TPSA) is 65.5 Å². The van der Waals surface area contributed by atoms with E-state index in [-0.39, 0.29) is 0 Å². The van der Waals surface area contributed by atoms with Crippen LogP contribution in [0.4, 0.5) is 0 Å². The van der Waals surface area contributed by atoms with Crippen LogP contribution in [0, 0.1) is 11.3 Å². The van der Waals surface area contributed by atoms with E-state index in [1.807, 2.05) is 42.5 Å². The maximum atomic E-state index is 8.80. The molecular formula is C32H38N4. The first-order chi connectivity index (χ1) is 17.7. The molecule has 0 atom stereocenters. The average molecular weight is 479 g/mol. The second-order valence-electron chi connectivity index (χ2n) is 9.70. The van der Waals surface area contributed by atoms with Gasteiger partial charge in [-0.25, -0.2) is 0 Å². The lowest BCUT2D eigenvalue weighted by Gasteiger charge is -2.31. The number of nitrogens with one attached hydrogen (secondary N) is 1. The molecule has 186 valence electrons. The predicted octanol–water partition coefficient (Wildman–Crippen LogP) is 6.27. The van der Waals surface area contributed by atoms with Gasteiger partial charge in [-0.1, -0.05) is 91.0 Å². The van der Waals surface area contributed by atoms with Gasteiger partial charge in [-0.15, -0.1) is 0 Å². The molecule has 0 saturated carbocycles. The molecule has 3 N–H and O–H groups in total. The predicted molar refractivity (Wildman–Crippen MR) is 152 cm³/mol. The molecule has 4 heteroatoms. The van der Waals surface area contributed by atoms with Crippen LogP contribution in [-0.2, 0) is 13.0 Å². The first-order valence-corrected chi connectivity index (χ1v) is 13.1. The molecule has 0 bridgehead atoms. The van der Waals surface area contributed by atoms with E-state index in [2.05, 4.69) is 64.5 Å². The zero-order valence-corrected chi connectivity index (χ0v) is 21.2. The van der Waals surface area contributed by atoms with E-state index >= 15 is 0 Å². The van der Waals surface area contributed by atoms with Crippen LogP contribution >= 0.6 is 0 Å². The number of aryl methyl sites for hydroxylation is 1. The Hall–Kier alpha value is -3.50. The van der Waals surface area contributed by atoms with Crippen LogP contribution < -0.4 is 5.73 Å². The number of rotatable bonds is 11. The Bertz CT molecular complexity index is 1130. The maximum absolute atomic E-state index is 8.80. The molecule has 1 saturated heterocycles. The summed E-state index contributed by atoms with van der Waals surface area (Å²) in [6.45, 7) is 4.09. The molecule has 36 heavy (non-hydrogen) atoms. The summed E-state index contributed by atoms with van der Waals surface area (Å²) in [4.78, 5) is 7.24. The zero-order valence-electron chi connectivity index (χ0n) is 21.2. The molecule has 1 aliphatic heterocycles. The molecule has 4 rings (SSSR count). The summed E-state index contributed by atoms with van der Waals surface area (Å²) >= 11 is 0. The van der Waals surface area contributed by atoms with Gasteiger partial charge in [0, 0.05) is 13.1 Å². The molecule has 0 amide bonds. The summed E-state index contributed by atoms with van der Waals surface area (Å²) < 4.78 is 0. The van der Waals surface area contributed by atoms with Gasteiger partial charge in [-0.2, -0.15) is 0 Å². The Labute approximate surface area is 216 Å². The zero-order chi connectivity index (χ0) is 25.0. The highest BCUT2D eigenvalue weighted by Gasteiger charge is 2.19. The van der Waals surface area contributed by atoms with Crippen LogP contribution in [0.25, 0.3) is 0 Å². The molecule has 0 aliphatic carbocycles. The highest BCUT2D eigenvalue weighted by atomic mass is 15.1. The lowest BCUT2D eigenvalue weighted by Crippen LogP contribution is -2.33. The summed E-state index contributed by atoms with van der Waals surface area (Å²) in [7, 11) is 0. The van der Waals surface area contributed by atoms with Crippen LogP contribution in [0.5, 0.6) is 0 Å². The van der Waals surface area contributed by atoms with Crippen LogP contribution in [0.2, 0.25) is 0 Å². The van der Waals surface area contributed by atoms with Gasteiger partial charge < -0.3 is 5.73 Å². The van der Waals surface area contributed by atoms with Crippen molar-refractivity contribution in [1.29, 1.82) is 5.41 Å². The maximum Gasteiger partial charge on any atom is 0.118 e. The van der Waals surface area contributed by atoms with Gasteiger partial charge in [0.2, 0.25) is 0 Å². The lowest BCUT2D eigenvalue weighted by molar-refractivity contribution is 0.173. The highest BCUT2D eigenvalue weighted by Crippen LogP contribution is 2.22. The number of amidine groups is 1. The summed E-state index contributed by atoms with van der Waals surface area (Å²) in [5.74, 6) is 1.23. The van der Waals surface area contributed by atoms with Crippen LogP contribution in [-0.4, -0.2) is 36.1 Å². The average Bonchev–Trinajstić information content (AvgIpc) is 2.93. The summed E-state index contributed by atoms with van der Waals surface area (Å²) in [5, 5.41) is 8.80. The molecule has 0 unspecified atom stereocenters. The van der Waals surface area contributed by atoms with Gasteiger partial charge in [0.15, 0.2) is 0 Å². The monoisotopic (exact) mass is 478 g/mol. The number of nitrogens with two attached hydrogens (primary N) is 1. The van der Waals surface area contributed by atoms with Crippen molar-refractivity contribution in [3.05, 3.63) is 119 Å². The molecule has 1 fully saturated rings. The van der Waals surface area contributed by atoms with Crippen molar-refractivity contribution in [3.8, 4) is 0 Å². The quantitative estimate of drug-likeness (QED) is 0.252. The first-order valence-electron chi connectivity index (χ1n) is 13.1. The minimum absolute atomic E-state index is 0.524. The smallest absolute Gasteiger partial charge is 0.118 e. The van der Waals surface area contributed by atoms with Crippen LogP contribution in [0.1, 0.15) is 42.4 Å². The molecule has 4 nitrogen and oxygen atoms in total. The summed E-state index contributed by atoms with van der Waals surface area (Å²) in [6.07, 6.45) is 7.06. The minimum atomic E-state index is 0.524. The van der Waals surface area contributed by atoms with Crippen LogP contribution in [0.3, 0.4) is 0 Å². The van der Waals surface area contributed by atoms with Gasteiger partial charge in [0.05, 0.1) is 5.71 Å². The van der Waals surface area contributed by atoms with Gasteiger partial charge in [0.25, 0.3) is 0 Å². The van der Waals surface area contributed by atoms with Gasteiger partial charge in [-0.3, -0.25) is 15.3 Å². The Morgan fingerprint density at radius 1 is 0.861 bits per heavy atom. The van der Waals surface area contributed by atoms with E-state index in [0.717, 1.165) is 56.6 Å². The molecule has 3 aromatic rings. The Kier molecular flexibility index (Phi) is 9.63. The third-order valence-corrected chi connectivity index (χ3v) is 7.02. The summed E-state index contributed by atoms with van der Waals surface area (Å²) in [6, 6.07) is 31.0. The number of allylic oxidation sites excluding steroid dienone is 1. The summed E-state index contributed by atoms with van der Waals surface area (Å²) in [5.41, 5.74) is 11.4. The normalized spacial score (nSPS) is 15.7. The highest BCUT2D eigenvalue weighted by molar-refractivity contribution is 6.13. The number of likely N-dealkylation sites (tertiary alicyclic amines) is 1. The molecule has 3 aromatic carbocycles. The van der Waals surface area contributed by atoms with Crippen LogP contribution in [0.15, 0.2) is 108 Å². The van der Waals surface area contributed by atoms with Gasteiger partial charge in [0.1, 0.15) is 5.84 Å². The SMILES string of the molecule is N=C(/C(=C\C(N)=NCCC1CCN(Cc2ccccc2)CC1)CCc1ccccc1)c1ccccc1. The molecule has 0 aromatic heterocycles. The van der Waals surface area contributed by atoms with Crippen molar-refractivity contribution in [2.24, 2.45) is 16.6 Å². The number of aliphatic imine (C=N–C) groups is 1. The van der Waals surface area contributed by atoms with Gasteiger partial charge in [-0.05, 0) is 79.5 Å². The Morgan fingerprint density at radius 3 is 2.08 bits per heavy atom. The number of nitrogens with zero attached hydrogens (tertiary/aromatic N) is 2. The van der Waals surface area contributed by atoms with E-state index in [1.165, 1.54) is 24.0 Å². The molecular weight excluding hydrogens is 440 g/mol. The van der Waals surface area contributed by atoms with Crippen molar-refractivity contribution in [1.82, 2.24) is 4.90 Å². The molecule has 0 spiro atoms. The Balaban J connectivity index is 1.31. The minimum Gasteiger partial charge on any atom is -0.384 e. The second kappa shape index (κ2) is 13.6. The first kappa shape index (κ1) is 25.6. The largest absolute Gasteiger partial charge is 0.384 e. The number of hydrogen-bond acceptors (Lipinski definition) is 3. The van der Waals surface area contributed by atoms with E-state index in [1.54, 1.807) is 0 Å². The number of benzene rings is 3. The standard InChI is InChI=1S/C32H38N4/c33-31(35-21-18-27-19-22-36(23-20-27)25-28-12-6-2-7-13-28)24-30(17-16-26-10-4-1-5-11-26)32(34)29-14-8-3-9-15-29/h1-15,24,27,34H,16-23,25H2,(H2,33,35)/b30-24-,34-32?. The Morgan fingerprint density at radius 2 is 1.44 bits per heavy atom. The number of hydrogen-bond donors (Lipinski definition) is 2. The fraction of sp³-hybridized carbons (Fsp3) is 0.312. The van der Waals surface area contributed by atoms with E-state index in [4.69, 9.17) is 11.1 Å². The third-order valence-electron chi connectivity index (χ3n) is 7.02. The molecule has 1 aliphatic rings. The van der Waals surface area contributed by atoms with E-state index in [0.29, 0.717) is 17.5 Å². The third kappa shape index (κ3) is 8.03. The van der Waals surface area contributed by atoms with Crippen molar-refractivity contribution < 1.29 is 0 Å².